The molecule has 0 fully saturated rings. The summed E-state index contributed by atoms with van der Waals surface area (Å²) in [5.74, 6) is 0.736. The van der Waals surface area contributed by atoms with Crippen LogP contribution in [0.5, 0.6) is 0 Å². The lowest BCUT2D eigenvalue weighted by atomic mass is 10.1. The van der Waals surface area contributed by atoms with E-state index in [0.717, 1.165) is 22.6 Å². The van der Waals surface area contributed by atoms with Crippen molar-refractivity contribution in [3.05, 3.63) is 55.2 Å². The zero-order valence-corrected chi connectivity index (χ0v) is 9.56. The normalized spacial score (nSPS) is 10.4. The molecule has 0 aliphatic carbocycles. The highest BCUT2D eigenvalue weighted by Gasteiger charge is 2.04. The van der Waals surface area contributed by atoms with Gasteiger partial charge in [-0.25, -0.2) is 14.6 Å². The Hall–Kier alpha value is -2.69. The largest absolute Gasteiger partial charge is 0.399 e. The smallest absolute Gasteiger partial charge is 0.156 e. The van der Waals surface area contributed by atoms with Crippen molar-refractivity contribution in [2.45, 2.75) is 0 Å². The number of hydrogen-bond acceptors (Lipinski definition) is 4. The van der Waals surface area contributed by atoms with E-state index in [9.17, 15) is 0 Å². The number of anilines is 1. The van der Waals surface area contributed by atoms with Gasteiger partial charge in [0.1, 0.15) is 6.33 Å². The first-order chi connectivity index (χ1) is 8.83. The van der Waals surface area contributed by atoms with Crippen LogP contribution in [0.25, 0.3) is 16.9 Å². The second-order valence-electron chi connectivity index (χ2n) is 3.87. The molecule has 0 spiro atoms. The molecule has 5 nitrogen and oxygen atoms in total. The predicted octanol–water partition coefficient (Wildman–Crippen LogP) is 1.91. The second-order valence-corrected chi connectivity index (χ2v) is 3.87. The average Bonchev–Trinajstić information content (AvgIpc) is 2.89. The van der Waals surface area contributed by atoms with Gasteiger partial charge < -0.3 is 5.73 Å². The van der Waals surface area contributed by atoms with Crippen LogP contribution in [-0.4, -0.2) is 19.7 Å². The van der Waals surface area contributed by atoms with Crippen LogP contribution >= 0.6 is 0 Å². The minimum absolute atomic E-state index is 0.736. The van der Waals surface area contributed by atoms with Crippen LogP contribution in [0.1, 0.15) is 0 Å². The zero-order chi connectivity index (χ0) is 12.4. The lowest BCUT2D eigenvalue weighted by Crippen LogP contribution is -1.96. The van der Waals surface area contributed by atoms with Crippen molar-refractivity contribution in [1.82, 2.24) is 19.7 Å². The lowest BCUT2D eigenvalue weighted by Gasteiger charge is -1.99. The molecule has 88 valence electrons. The summed E-state index contributed by atoms with van der Waals surface area (Å²) in [6.45, 7) is 0. The molecule has 2 aromatic heterocycles. The number of hydrogen-bond donors (Lipinski definition) is 1. The molecule has 0 atom stereocenters. The molecule has 5 heteroatoms. The molecule has 0 aliphatic rings. The summed E-state index contributed by atoms with van der Waals surface area (Å²) in [5, 5.41) is 4.28. The molecule has 0 unspecified atom stereocenters. The first-order valence-corrected chi connectivity index (χ1v) is 5.50. The van der Waals surface area contributed by atoms with E-state index in [2.05, 4.69) is 15.1 Å². The van der Waals surface area contributed by atoms with Gasteiger partial charge in [-0.2, -0.15) is 5.10 Å². The SMILES string of the molecule is Nc1cccc(-c2cnn(-c3ccncn3)c2)c1. The van der Waals surface area contributed by atoms with Crippen molar-refractivity contribution in [1.29, 1.82) is 0 Å². The van der Waals surface area contributed by atoms with Gasteiger partial charge in [0.05, 0.1) is 6.20 Å². The summed E-state index contributed by atoms with van der Waals surface area (Å²) < 4.78 is 1.71. The molecular weight excluding hydrogens is 226 g/mol. The third kappa shape index (κ3) is 1.93. The standard InChI is InChI=1S/C13H11N5/c14-12-3-1-2-10(6-12)11-7-17-18(8-11)13-4-5-15-9-16-13/h1-9H,14H2. The maximum Gasteiger partial charge on any atom is 0.156 e. The van der Waals surface area contributed by atoms with Gasteiger partial charge in [0.25, 0.3) is 0 Å². The average molecular weight is 237 g/mol. The predicted molar refractivity (Wildman–Crippen MR) is 69.0 cm³/mol. The van der Waals surface area contributed by atoms with Gasteiger partial charge in [-0.05, 0) is 17.7 Å². The molecule has 2 heterocycles. The van der Waals surface area contributed by atoms with E-state index in [0.29, 0.717) is 0 Å². The molecule has 0 aliphatic heterocycles. The zero-order valence-electron chi connectivity index (χ0n) is 9.56. The Morgan fingerprint density at radius 1 is 1.11 bits per heavy atom. The van der Waals surface area contributed by atoms with E-state index in [1.165, 1.54) is 6.33 Å². The highest BCUT2D eigenvalue weighted by Crippen LogP contribution is 2.21. The van der Waals surface area contributed by atoms with Crippen LogP contribution in [0, 0.1) is 0 Å². The lowest BCUT2D eigenvalue weighted by molar-refractivity contribution is 0.839. The van der Waals surface area contributed by atoms with E-state index in [4.69, 9.17) is 5.73 Å². The summed E-state index contributed by atoms with van der Waals surface area (Å²) in [6.07, 6.45) is 6.88. The Kier molecular flexibility index (Phi) is 2.49. The van der Waals surface area contributed by atoms with E-state index < -0.39 is 0 Å². The van der Waals surface area contributed by atoms with Gasteiger partial charge >= 0.3 is 0 Å². The van der Waals surface area contributed by atoms with Crippen molar-refractivity contribution >= 4 is 5.69 Å². The van der Waals surface area contributed by atoms with Crippen molar-refractivity contribution in [3.63, 3.8) is 0 Å². The molecule has 0 saturated heterocycles. The Labute approximate surface area is 104 Å². The topological polar surface area (TPSA) is 69.6 Å². The molecule has 0 bridgehead atoms. The number of rotatable bonds is 2. The van der Waals surface area contributed by atoms with Crippen molar-refractivity contribution in [2.75, 3.05) is 5.73 Å². The molecule has 0 saturated carbocycles. The molecule has 3 rings (SSSR count). The van der Waals surface area contributed by atoms with Crippen molar-refractivity contribution in [2.24, 2.45) is 0 Å². The Bertz CT molecular complexity index is 660. The summed E-state index contributed by atoms with van der Waals surface area (Å²) in [7, 11) is 0. The van der Waals surface area contributed by atoms with Gasteiger partial charge in [0.2, 0.25) is 0 Å². The molecular formula is C13H11N5. The summed E-state index contributed by atoms with van der Waals surface area (Å²) in [4.78, 5) is 8.02. The highest BCUT2D eigenvalue weighted by molar-refractivity contribution is 5.66. The number of nitrogen functional groups attached to an aromatic ring is 1. The van der Waals surface area contributed by atoms with Crippen LogP contribution in [0.4, 0.5) is 5.69 Å². The second kappa shape index (κ2) is 4.29. The van der Waals surface area contributed by atoms with Gasteiger partial charge in [-0.1, -0.05) is 12.1 Å². The first-order valence-electron chi connectivity index (χ1n) is 5.50. The van der Waals surface area contributed by atoms with E-state index in [1.54, 1.807) is 23.1 Å². The van der Waals surface area contributed by atoms with Crippen LogP contribution < -0.4 is 5.73 Å². The monoisotopic (exact) mass is 237 g/mol. The quantitative estimate of drug-likeness (QED) is 0.691. The third-order valence-electron chi connectivity index (χ3n) is 2.60. The molecule has 3 aromatic rings. The molecule has 2 N–H and O–H groups in total. The third-order valence-corrected chi connectivity index (χ3v) is 2.60. The number of aromatic nitrogens is 4. The maximum atomic E-state index is 5.77. The van der Waals surface area contributed by atoms with Gasteiger partial charge in [-0.3, -0.25) is 0 Å². The molecule has 1 aromatic carbocycles. The van der Waals surface area contributed by atoms with E-state index in [-0.39, 0.29) is 0 Å². The van der Waals surface area contributed by atoms with Crippen molar-refractivity contribution in [3.8, 4) is 16.9 Å². The Morgan fingerprint density at radius 2 is 2.06 bits per heavy atom. The number of benzene rings is 1. The van der Waals surface area contributed by atoms with Crippen LogP contribution in [-0.2, 0) is 0 Å². The molecule has 0 amide bonds. The minimum atomic E-state index is 0.736. The molecule has 0 radical (unpaired) electrons. The number of nitrogens with two attached hydrogens (primary N) is 1. The molecule has 18 heavy (non-hydrogen) atoms. The van der Waals surface area contributed by atoms with Crippen LogP contribution in [0.3, 0.4) is 0 Å². The maximum absolute atomic E-state index is 5.77. The first kappa shape index (κ1) is 10.5. The fraction of sp³-hybridized carbons (Fsp3) is 0. The summed E-state index contributed by atoms with van der Waals surface area (Å²) in [6, 6.07) is 9.50. The van der Waals surface area contributed by atoms with E-state index in [1.807, 2.05) is 30.5 Å². The summed E-state index contributed by atoms with van der Waals surface area (Å²) >= 11 is 0. The Morgan fingerprint density at radius 3 is 2.83 bits per heavy atom. The minimum Gasteiger partial charge on any atom is -0.399 e. The fourth-order valence-electron chi connectivity index (χ4n) is 1.73. The van der Waals surface area contributed by atoms with Gasteiger partial charge in [0, 0.05) is 29.7 Å². The van der Waals surface area contributed by atoms with Gasteiger partial charge in [-0.15, -0.1) is 0 Å². The summed E-state index contributed by atoms with van der Waals surface area (Å²) in [5.41, 5.74) is 8.54. The van der Waals surface area contributed by atoms with Crippen LogP contribution in [0.15, 0.2) is 55.2 Å². The number of nitrogens with zero attached hydrogens (tertiary/aromatic N) is 4. The van der Waals surface area contributed by atoms with Crippen LogP contribution in [0.2, 0.25) is 0 Å². The fourth-order valence-corrected chi connectivity index (χ4v) is 1.73. The highest BCUT2D eigenvalue weighted by atomic mass is 15.3. The Balaban J connectivity index is 2.00. The van der Waals surface area contributed by atoms with Crippen molar-refractivity contribution < 1.29 is 0 Å². The van der Waals surface area contributed by atoms with Gasteiger partial charge in [0.15, 0.2) is 5.82 Å². The van der Waals surface area contributed by atoms with E-state index >= 15 is 0 Å².